The van der Waals surface area contributed by atoms with E-state index in [0.717, 1.165) is 26.2 Å². The maximum absolute atomic E-state index is 13.4. The first-order valence-electron chi connectivity index (χ1n) is 12.1. The third-order valence-corrected chi connectivity index (χ3v) is 7.91. The van der Waals surface area contributed by atoms with E-state index in [1.165, 1.54) is 11.9 Å². The molecule has 3 aromatic rings. The SMILES string of the molecule is Cc1ccc(CN(C(=O)CN(C)S(=O)(=O)c2ccc3ccccc3c2)C(C)C(=O)NCC(C)C)cc1. The Morgan fingerprint density at radius 1 is 0.917 bits per heavy atom. The molecule has 0 radical (unpaired) electrons. The number of rotatable bonds is 10. The Hall–Kier alpha value is -3.23. The molecule has 8 heteroatoms. The summed E-state index contributed by atoms with van der Waals surface area (Å²) in [5, 5.41) is 4.61. The van der Waals surface area contributed by atoms with Gasteiger partial charge in [-0.1, -0.05) is 74.0 Å². The number of carbonyl (C=O) groups is 2. The van der Waals surface area contributed by atoms with Crippen LogP contribution in [0.3, 0.4) is 0 Å². The van der Waals surface area contributed by atoms with Crippen LogP contribution in [0, 0.1) is 12.8 Å². The third-order valence-electron chi connectivity index (χ3n) is 6.11. The predicted octanol–water partition coefficient (Wildman–Crippen LogP) is 3.96. The van der Waals surface area contributed by atoms with E-state index < -0.39 is 22.0 Å². The van der Waals surface area contributed by atoms with Gasteiger partial charge in [-0.3, -0.25) is 9.59 Å². The van der Waals surface area contributed by atoms with Gasteiger partial charge in [-0.2, -0.15) is 4.31 Å². The first kappa shape index (κ1) is 27.4. The summed E-state index contributed by atoms with van der Waals surface area (Å²) in [7, 11) is -2.53. The molecule has 2 amide bonds. The molecular formula is C28H35N3O4S. The van der Waals surface area contributed by atoms with E-state index in [1.54, 1.807) is 25.1 Å². The Balaban J connectivity index is 1.83. The monoisotopic (exact) mass is 509 g/mol. The molecule has 36 heavy (non-hydrogen) atoms. The van der Waals surface area contributed by atoms with E-state index in [1.807, 2.05) is 69.3 Å². The van der Waals surface area contributed by atoms with E-state index >= 15 is 0 Å². The molecule has 0 fully saturated rings. The fourth-order valence-corrected chi connectivity index (χ4v) is 4.96. The fraction of sp³-hybridized carbons (Fsp3) is 0.357. The minimum atomic E-state index is -3.92. The van der Waals surface area contributed by atoms with Crippen LogP contribution < -0.4 is 5.32 Å². The van der Waals surface area contributed by atoms with E-state index in [4.69, 9.17) is 0 Å². The lowest BCUT2D eigenvalue weighted by Crippen LogP contribution is -2.51. The van der Waals surface area contributed by atoms with Crippen LogP contribution in [0.4, 0.5) is 0 Å². The number of aryl methyl sites for hydroxylation is 1. The Morgan fingerprint density at radius 3 is 2.19 bits per heavy atom. The zero-order chi connectivity index (χ0) is 26.5. The highest BCUT2D eigenvalue weighted by Gasteiger charge is 2.30. The highest BCUT2D eigenvalue weighted by Crippen LogP contribution is 2.22. The van der Waals surface area contributed by atoms with Gasteiger partial charge in [-0.25, -0.2) is 8.42 Å². The van der Waals surface area contributed by atoms with Gasteiger partial charge in [0.15, 0.2) is 0 Å². The second-order valence-electron chi connectivity index (χ2n) is 9.59. The van der Waals surface area contributed by atoms with Gasteiger partial charge >= 0.3 is 0 Å². The van der Waals surface area contributed by atoms with Crippen molar-refractivity contribution in [2.75, 3.05) is 20.1 Å². The Bertz CT molecular complexity index is 1320. The molecular weight excluding hydrogens is 474 g/mol. The van der Waals surface area contributed by atoms with Gasteiger partial charge in [0.05, 0.1) is 11.4 Å². The van der Waals surface area contributed by atoms with Crippen LogP contribution in [-0.2, 0) is 26.2 Å². The van der Waals surface area contributed by atoms with Gasteiger partial charge in [0.2, 0.25) is 21.8 Å². The third kappa shape index (κ3) is 6.71. The van der Waals surface area contributed by atoms with E-state index in [-0.39, 0.29) is 29.8 Å². The minimum absolute atomic E-state index is 0.115. The van der Waals surface area contributed by atoms with Gasteiger partial charge in [0.25, 0.3) is 0 Å². The first-order valence-corrected chi connectivity index (χ1v) is 13.5. The van der Waals surface area contributed by atoms with Gasteiger partial charge < -0.3 is 10.2 Å². The molecule has 7 nitrogen and oxygen atoms in total. The molecule has 0 spiro atoms. The number of benzene rings is 3. The smallest absolute Gasteiger partial charge is 0.243 e. The number of carbonyl (C=O) groups excluding carboxylic acids is 2. The molecule has 0 heterocycles. The number of hydrogen-bond donors (Lipinski definition) is 1. The van der Waals surface area contributed by atoms with Crippen molar-refractivity contribution < 1.29 is 18.0 Å². The Kier molecular flexibility index (Phi) is 8.87. The van der Waals surface area contributed by atoms with Crippen molar-refractivity contribution in [1.29, 1.82) is 0 Å². The molecule has 0 bridgehead atoms. The molecule has 3 rings (SSSR count). The average Bonchev–Trinajstić information content (AvgIpc) is 2.85. The second kappa shape index (κ2) is 11.7. The minimum Gasteiger partial charge on any atom is -0.354 e. The van der Waals surface area contributed by atoms with Gasteiger partial charge in [-0.05, 0) is 48.2 Å². The van der Waals surface area contributed by atoms with Crippen LogP contribution >= 0.6 is 0 Å². The van der Waals surface area contributed by atoms with Crippen molar-refractivity contribution >= 4 is 32.6 Å². The van der Waals surface area contributed by atoms with Crippen molar-refractivity contribution in [2.24, 2.45) is 5.92 Å². The molecule has 192 valence electrons. The largest absolute Gasteiger partial charge is 0.354 e. The van der Waals surface area contributed by atoms with Crippen molar-refractivity contribution in [3.63, 3.8) is 0 Å². The van der Waals surface area contributed by atoms with Crippen LogP contribution in [0.25, 0.3) is 10.8 Å². The molecule has 0 saturated carbocycles. The molecule has 0 aliphatic heterocycles. The van der Waals surface area contributed by atoms with Gasteiger partial charge in [0, 0.05) is 20.1 Å². The van der Waals surface area contributed by atoms with Crippen molar-refractivity contribution in [1.82, 2.24) is 14.5 Å². The van der Waals surface area contributed by atoms with Crippen molar-refractivity contribution in [3.8, 4) is 0 Å². The summed E-state index contributed by atoms with van der Waals surface area (Å²) in [6.45, 7) is 7.93. The van der Waals surface area contributed by atoms with Crippen LogP contribution in [0.2, 0.25) is 0 Å². The molecule has 1 atom stereocenters. The summed E-state index contributed by atoms with van der Waals surface area (Å²) in [5.74, 6) is -0.459. The molecule has 3 aromatic carbocycles. The lowest BCUT2D eigenvalue weighted by Gasteiger charge is -2.30. The Labute approximate surface area is 214 Å². The highest BCUT2D eigenvalue weighted by atomic mass is 32.2. The summed E-state index contributed by atoms with van der Waals surface area (Å²) >= 11 is 0. The fourth-order valence-electron chi connectivity index (χ4n) is 3.80. The lowest BCUT2D eigenvalue weighted by molar-refractivity contribution is -0.140. The number of likely N-dealkylation sites (N-methyl/N-ethyl adjacent to an activating group) is 1. The van der Waals surface area contributed by atoms with Crippen LogP contribution in [0.5, 0.6) is 0 Å². The quantitative estimate of drug-likeness (QED) is 0.448. The van der Waals surface area contributed by atoms with Crippen LogP contribution in [0.15, 0.2) is 71.6 Å². The maximum Gasteiger partial charge on any atom is 0.243 e. The molecule has 0 aromatic heterocycles. The molecule has 0 aliphatic carbocycles. The predicted molar refractivity (Wildman–Crippen MR) is 143 cm³/mol. The number of hydrogen-bond acceptors (Lipinski definition) is 4. The van der Waals surface area contributed by atoms with Crippen molar-refractivity contribution in [3.05, 3.63) is 77.9 Å². The standard InChI is InChI=1S/C28H35N3O4S/c1-20(2)17-29-28(33)22(4)31(18-23-12-10-21(3)11-13-23)27(32)19-30(5)36(34,35)26-15-14-24-8-6-7-9-25(24)16-26/h6-16,20,22H,17-19H2,1-5H3,(H,29,33). The molecule has 1 N–H and O–H groups in total. The summed E-state index contributed by atoms with van der Waals surface area (Å²) in [6.07, 6.45) is 0. The second-order valence-corrected chi connectivity index (χ2v) is 11.6. The average molecular weight is 510 g/mol. The number of nitrogens with one attached hydrogen (secondary N) is 1. The maximum atomic E-state index is 13.4. The lowest BCUT2D eigenvalue weighted by atomic mass is 10.1. The zero-order valence-electron chi connectivity index (χ0n) is 21.6. The van der Waals surface area contributed by atoms with E-state index in [9.17, 15) is 18.0 Å². The summed E-state index contributed by atoms with van der Waals surface area (Å²) < 4.78 is 27.6. The molecule has 0 aliphatic rings. The molecule has 0 saturated heterocycles. The van der Waals surface area contributed by atoms with Gasteiger partial charge in [-0.15, -0.1) is 0 Å². The topological polar surface area (TPSA) is 86.8 Å². The summed E-state index contributed by atoms with van der Waals surface area (Å²) in [4.78, 5) is 27.8. The van der Waals surface area contributed by atoms with Crippen LogP contribution in [0.1, 0.15) is 31.9 Å². The van der Waals surface area contributed by atoms with Crippen molar-refractivity contribution in [2.45, 2.75) is 45.2 Å². The normalized spacial score (nSPS) is 12.6. The Morgan fingerprint density at radius 2 is 1.56 bits per heavy atom. The van der Waals surface area contributed by atoms with Crippen LogP contribution in [-0.4, -0.2) is 55.6 Å². The zero-order valence-corrected chi connectivity index (χ0v) is 22.4. The highest BCUT2D eigenvalue weighted by molar-refractivity contribution is 7.89. The summed E-state index contributed by atoms with van der Waals surface area (Å²) in [5.41, 5.74) is 1.94. The molecule has 1 unspecified atom stereocenters. The number of fused-ring (bicyclic) bond motifs is 1. The number of sulfonamides is 1. The van der Waals surface area contributed by atoms with Gasteiger partial charge in [0.1, 0.15) is 6.04 Å². The number of amides is 2. The van der Waals surface area contributed by atoms with E-state index in [0.29, 0.717) is 6.54 Å². The summed E-state index contributed by atoms with van der Waals surface area (Å²) in [6, 6.07) is 19.3. The first-order chi connectivity index (χ1) is 17.0. The number of nitrogens with zero attached hydrogens (tertiary/aromatic N) is 2. The van der Waals surface area contributed by atoms with E-state index in [2.05, 4.69) is 5.32 Å².